The van der Waals surface area contributed by atoms with Gasteiger partial charge >= 0.3 is 5.97 Å². The van der Waals surface area contributed by atoms with Gasteiger partial charge in [-0.3, -0.25) is 24.1 Å². The van der Waals surface area contributed by atoms with Crippen molar-refractivity contribution in [1.29, 1.82) is 0 Å². The molecule has 8 nitrogen and oxygen atoms in total. The van der Waals surface area contributed by atoms with Crippen molar-refractivity contribution in [3.05, 3.63) is 71.8 Å². The molecule has 0 aliphatic heterocycles. The Labute approximate surface area is 326 Å². The first kappa shape index (κ1) is 45.1. The van der Waals surface area contributed by atoms with Crippen LogP contribution in [0.3, 0.4) is 0 Å². The van der Waals surface area contributed by atoms with Crippen LogP contribution in [0.4, 0.5) is 0 Å². The van der Waals surface area contributed by atoms with Crippen LogP contribution in [-0.2, 0) is 46.2 Å². The molecule has 5 rings (SSSR count). The van der Waals surface area contributed by atoms with Crippen molar-refractivity contribution in [2.45, 2.75) is 143 Å². The summed E-state index contributed by atoms with van der Waals surface area (Å²) in [6, 6.07) is 20.5. The van der Waals surface area contributed by atoms with Gasteiger partial charge < -0.3 is 14.0 Å². The summed E-state index contributed by atoms with van der Waals surface area (Å²) in [6.45, 7) is 18.8. The van der Waals surface area contributed by atoms with E-state index in [0.717, 1.165) is 70.7 Å². The Morgan fingerprint density at radius 3 is 1.87 bits per heavy atom. The van der Waals surface area contributed by atoms with Crippen LogP contribution in [-0.4, -0.2) is 62.1 Å². The van der Waals surface area contributed by atoms with Crippen LogP contribution in [0.2, 0.25) is 18.1 Å². The molecule has 54 heavy (non-hydrogen) atoms. The van der Waals surface area contributed by atoms with E-state index in [1.165, 1.54) is 11.1 Å². The minimum Gasteiger partial charge on any atom is -0.466 e. The second kappa shape index (κ2) is 21.1. The fourth-order valence-corrected chi connectivity index (χ4v) is 9.29. The van der Waals surface area contributed by atoms with Gasteiger partial charge in [0.25, 0.3) is 0 Å². The largest absolute Gasteiger partial charge is 0.466 e. The molecule has 2 aromatic carbocycles. The highest BCUT2D eigenvalue weighted by Crippen LogP contribution is 2.52. The fraction of sp³-hybridized carbons (Fsp3) is 0.622. The lowest BCUT2D eigenvalue weighted by Gasteiger charge is -2.46. The Balaban J connectivity index is 0.000000224. The van der Waals surface area contributed by atoms with E-state index in [4.69, 9.17) is 9.16 Å². The van der Waals surface area contributed by atoms with E-state index in [2.05, 4.69) is 63.0 Å². The summed E-state index contributed by atoms with van der Waals surface area (Å²) in [7, 11) is -1.90. The maximum Gasteiger partial charge on any atom is 0.308 e. The van der Waals surface area contributed by atoms with Gasteiger partial charge in [-0.1, -0.05) is 94.3 Å². The Kier molecular flexibility index (Phi) is 17.7. The number of esters is 1. The van der Waals surface area contributed by atoms with E-state index < -0.39 is 8.32 Å². The van der Waals surface area contributed by atoms with E-state index >= 15 is 0 Å². The summed E-state index contributed by atoms with van der Waals surface area (Å²) in [5.74, 6) is 0.765. The molecule has 5 unspecified atom stereocenters. The molecule has 0 N–H and O–H groups in total. The van der Waals surface area contributed by atoms with Gasteiger partial charge in [0.2, 0.25) is 0 Å². The van der Waals surface area contributed by atoms with Crippen LogP contribution >= 0.6 is 0 Å². The molecular formula is C45H67NO7Si. The van der Waals surface area contributed by atoms with Crippen molar-refractivity contribution < 1.29 is 33.1 Å². The second-order valence-corrected chi connectivity index (χ2v) is 21.9. The summed E-state index contributed by atoms with van der Waals surface area (Å²) in [5, 5.41) is 0.147. The maximum atomic E-state index is 12.7. The van der Waals surface area contributed by atoms with Gasteiger partial charge in [-0.2, -0.15) is 0 Å². The Bertz CT molecular complexity index is 1460. The number of nitrogens with zero attached hydrogens (tertiary/aromatic N) is 1. The normalized spacial score (nSPS) is 24.1. The molecule has 3 saturated carbocycles. The van der Waals surface area contributed by atoms with Gasteiger partial charge in [0.15, 0.2) is 8.32 Å². The maximum absolute atomic E-state index is 12.7. The fourth-order valence-electron chi connectivity index (χ4n) is 7.88. The molecule has 0 radical (unpaired) electrons. The first-order chi connectivity index (χ1) is 25.5. The smallest absolute Gasteiger partial charge is 0.308 e. The van der Waals surface area contributed by atoms with Crippen LogP contribution in [0.25, 0.3) is 0 Å². The van der Waals surface area contributed by atoms with Crippen LogP contribution in [0.5, 0.6) is 0 Å². The third kappa shape index (κ3) is 13.2. The van der Waals surface area contributed by atoms with Gasteiger partial charge in [0.1, 0.15) is 23.6 Å². The third-order valence-corrected chi connectivity index (χ3v) is 16.6. The lowest BCUT2D eigenvalue weighted by Crippen LogP contribution is -2.50. The number of hydrogen-bond acceptors (Lipinski definition) is 8. The molecule has 1 spiro atoms. The van der Waals surface area contributed by atoms with E-state index in [1.807, 2.05) is 43.3 Å². The first-order valence-corrected chi connectivity index (χ1v) is 23.1. The number of hydrogen-bond donors (Lipinski definition) is 0. The lowest BCUT2D eigenvalue weighted by atomic mass is 9.66. The van der Waals surface area contributed by atoms with Crippen molar-refractivity contribution in [1.82, 2.24) is 4.90 Å². The predicted octanol–water partition coefficient (Wildman–Crippen LogP) is 9.34. The molecule has 3 aliphatic rings. The molecule has 0 heterocycles. The van der Waals surface area contributed by atoms with E-state index in [9.17, 15) is 24.0 Å². The SMILES string of the molecule is CC(=O)C1CCCC2(C1)C(=O)CCC2O[Si](C)(C)C(C)(C)C.CCOC(=O)C1CCCC(C(C)=O)C1.O=CCN(Cc1ccccc1)Cc1ccccc1. The topological polar surface area (TPSA) is 107 Å². The lowest BCUT2D eigenvalue weighted by molar-refractivity contribution is -0.150. The van der Waals surface area contributed by atoms with Gasteiger partial charge in [-0.05, 0) is 95.0 Å². The number of Topliss-reactive ketones (excluding diaryl/α,β-unsaturated/α-hetero) is 3. The summed E-state index contributed by atoms with van der Waals surface area (Å²) < 4.78 is 11.6. The molecule has 3 aliphatic carbocycles. The highest BCUT2D eigenvalue weighted by atomic mass is 28.4. The highest BCUT2D eigenvalue weighted by Gasteiger charge is 2.55. The van der Waals surface area contributed by atoms with Gasteiger partial charge in [-0.15, -0.1) is 0 Å². The minimum absolute atomic E-state index is 0.0306. The number of benzene rings is 2. The van der Waals surface area contributed by atoms with Gasteiger partial charge in [0.05, 0.1) is 30.6 Å². The zero-order chi connectivity index (χ0) is 39.9. The van der Waals surface area contributed by atoms with Crippen LogP contribution in [0.1, 0.15) is 117 Å². The molecule has 3 fully saturated rings. The number of aldehydes is 1. The number of rotatable bonds is 12. The molecule has 0 bridgehead atoms. The summed E-state index contributed by atoms with van der Waals surface area (Å²) >= 11 is 0. The Morgan fingerprint density at radius 2 is 1.37 bits per heavy atom. The number of carbonyl (C=O) groups is 5. The monoisotopic (exact) mass is 761 g/mol. The summed E-state index contributed by atoms with van der Waals surface area (Å²) in [4.78, 5) is 60.0. The molecule has 298 valence electrons. The zero-order valence-electron chi connectivity index (χ0n) is 34.4. The zero-order valence-corrected chi connectivity index (χ0v) is 35.4. The van der Waals surface area contributed by atoms with E-state index in [-0.39, 0.29) is 51.8 Å². The Morgan fingerprint density at radius 1 is 0.833 bits per heavy atom. The van der Waals surface area contributed by atoms with Crippen LogP contribution < -0.4 is 0 Å². The molecule has 5 atom stereocenters. The molecule has 0 amide bonds. The van der Waals surface area contributed by atoms with Crippen molar-refractivity contribution >= 4 is 37.9 Å². The second-order valence-electron chi connectivity index (χ2n) is 17.1. The highest BCUT2D eigenvalue weighted by molar-refractivity contribution is 6.74. The van der Waals surface area contributed by atoms with Crippen LogP contribution in [0, 0.1) is 23.2 Å². The standard InChI is InChI=1S/C18H32O3Si.C16H17NO.C11H18O3/c1-13(19)14-8-7-11-18(12-14)15(20)9-10-16(18)21-22(5,6)17(2,3)4;18-12-11-17(13-15-7-3-1-4-8-15)14-16-9-5-2-6-10-16;1-3-14-11(13)10-6-4-5-9(7-10)8(2)12/h14,16H,7-12H2,1-6H3;1-10,12H,11,13-14H2;9-10H,3-7H2,1-2H3. The minimum atomic E-state index is -1.90. The van der Waals surface area contributed by atoms with Gasteiger partial charge in [-0.25, -0.2) is 0 Å². The van der Waals surface area contributed by atoms with E-state index in [0.29, 0.717) is 31.8 Å². The average molecular weight is 762 g/mol. The van der Waals surface area contributed by atoms with Crippen molar-refractivity contribution in [2.24, 2.45) is 23.2 Å². The molecular weight excluding hydrogens is 695 g/mol. The van der Waals surface area contributed by atoms with Crippen molar-refractivity contribution in [3.8, 4) is 0 Å². The molecule has 9 heteroatoms. The van der Waals surface area contributed by atoms with Gasteiger partial charge in [0, 0.05) is 31.3 Å². The van der Waals surface area contributed by atoms with Crippen molar-refractivity contribution in [2.75, 3.05) is 13.2 Å². The Hall–Kier alpha value is -3.27. The number of ketones is 3. The summed E-state index contributed by atoms with van der Waals surface area (Å²) in [6.07, 6.45) is 9.49. The average Bonchev–Trinajstić information content (AvgIpc) is 3.41. The van der Waals surface area contributed by atoms with E-state index in [1.54, 1.807) is 13.8 Å². The predicted molar refractivity (Wildman–Crippen MR) is 217 cm³/mol. The molecule has 2 aromatic rings. The molecule has 0 saturated heterocycles. The summed E-state index contributed by atoms with van der Waals surface area (Å²) in [5.41, 5.74) is 2.09. The number of ether oxygens (including phenoxy) is 1. The third-order valence-electron chi connectivity index (χ3n) is 12.1. The first-order valence-electron chi connectivity index (χ1n) is 20.2. The molecule has 0 aromatic heterocycles. The van der Waals surface area contributed by atoms with Crippen molar-refractivity contribution in [3.63, 3.8) is 0 Å². The van der Waals surface area contributed by atoms with Crippen LogP contribution in [0.15, 0.2) is 60.7 Å². The number of carbonyl (C=O) groups excluding carboxylic acids is 5. The quantitative estimate of drug-likeness (QED) is 0.120.